The number of urea groups is 1. The highest BCUT2D eigenvalue weighted by molar-refractivity contribution is 6.43. The fraction of sp³-hybridized carbons (Fsp3) is 0.111. The molecule has 0 aliphatic carbocycles. The minimum atomic E-state index is -0.905. The molecule has 37 heavy (non-hydrogen) atoms. The van der Waals surface area contributed by atoms with Gasteiger partial charge in [-0.3, -0.25) is 19.7 Å². The predicted octanol–water partition coefficient (Wildman–Crippen LogP) is 5.29. The van der Waals surface area contributed by atoms with E-state index in [1.54, 1.807) is 24.3 Å². The number of nitrogens with one attached hydrogen (secondary N) is 2. The number of hydrogen-bond donors (Lipinski definition) is 2. The molecule has 4 rings (SSSR count). The number of imide groups is 2. The topological polar surface area (TPSA) is 105 Å². The van der Waals surface area contributed by atoms with Crippen LogP contribution in [0.5, 0.6) is 5.75 Å². The Morgan fingerprint density at radius 3 is 2.54 bits per heavy atom. The maximum atomic E-state index is 13.1. The van der Waals surface area contributed by atoms with Gasteiger partial charge in [0, 0.05) is 5.69 Å². The van der Waals surface area contributed by atoms with Crippen molar-refractivity contribution in [3.63, 3.8) is 0 Å². The predicted molar refractivity (Wildman–Crippen MR) is 142 cm³/mol. The van der Waals surface area contributed by atoms with Crippen LogP contribution in [0.25, 0.3) is 6.08 Å². The van der Waals surface area contributed by atoms with E-state index in [2.05, 4.69) is 10.6 Å². The molecule has 0 radical (unpaired) electrons. The molecule has 0 bridgehead atoms. The summed E-state index contributed by atoms with van der Waals surface area (Å²) >= 11 is 12.0. The minimum Gasteiger partial charge on any atom is -0.484 e. The molecular formula is C27H21Cl2N3O5. The van der Waals surface area contributed by atoms with Crippen molar-refractivity contribution < 1.29 is 23.9 Å². The molecule has 0 unspecified atom stereocenters. The van der Waals surface area contributed by atoms with Crippen LogP contribution in [0.1, 0.15) is 16.7 Å². The number of benzene rings is 3. The molecule has 2 N–H and O–H groups in total. The van der Waals surface area contributed by atoms with Gasteiger partial charge in [0.2, 0.25) is 0 Å². The first-order valence-corrected chi connectivity index (χ1v) is 11.8. The summed E-state index contributed by atoms with van der Waals surface area (Å²) in [5, 5.41) is 5.36. The van der Waals surface area contributed by atoms with Crippen molar-refractivity contribution in [2.75, 3.05) is 16.8 Å². The summed E-state index contributed by atoms with van der Waals surface area (Å²) < 4.78 is 5.61. The summed E-state index contributed by atoms with van der Waals surface area (Å²) in [5.74, 6) is -1.65. The van der Waals surface area contributed by atoms with Gasteiger partial charge in [-0.15, -0.1) is 0 Å². The summed E-state index contributed by atoms with van der Waals surface area (Å²) in [5.41, 5.74) is 2.99. The molecule has 8 nitrogen and oxygen atoms in total. The fourth-order valence-electron chi connectivity index (χ4n) is 3.58. The van der Waals surface area contributed by atoms with E-state index in [0.29, 0.717) is 17.0 Å². The zero-order valence-corrected chi connectivity index (χ0v) is 21.3. The van der Waals surface area contributed by atoms with Gasteiger partial charge in [0.25, 0.3) is 17.7 Å². The molecule has 5 amide bonds. The highest BCUT2D eigenvalue weighted by Gasteiger charge is 2.37. The average Bonchev–Trinajstić information content (AvgIpc) is 2.85. The van der Waals surface area contributed by atoms with Gasteiger partial charge in [0.15, 0.2) is 6.61 Å². The molecule has 1 fully saturated rings. The lowest BCUT2D eigenvalue weighted by atomic mass is 10.1. The van der Waals surface area contributed by atoms with Crippen molar-refractivity contribution in [2.24, 2.45) is 0 Å². The van der Waals surface area contributed by atoms with Gasteiger partial charge < -0.3 is 10.1 Å². The smallest absolute Gasteiger partial charge is 0.335 e. The Labute approximate surface area is 222 Å². The largest absolute Gasteiger partial charge is 0.484 e. The molecule has 1 aliphatic rings. The third-order valence-electron chi connectivity index (χ3n) is 5.47. The van der Waals surface area contributed by atoms with Crippen LogP contribution in [0.15, 0.2) is 66.2 Å². The Hall–Kier alpha value is -4.14. The number of amides is 5. The summed E-state index contributed by atoms with van der Waals surface area (Å²) in [4.78, 5) is 51.1. The number of hydrogen-bond acceptors (Lipinski definition) is 5. The van der Waals surface area contributed by atoms with Crippen molar-refractivity contribution in [3.8, 4) is 5.75 Å². The van der Waals surface area contributed by atoms with E-state index in [4.69, 9.17) is 27.9 Å². The minimum absolute atomic E-state index is 0.147. The van der Waals surface area contributed by atoms with Crippen molar-refractivity contribution in [1.29, 1.82) is 0 Å². The van der Waals surface area contributed by atoms with E-state index in [1.807, 2.05) is 32.0 Å². The Morgan fingerprint density at radius 2 is 1.78 bits per heavy atom. The van der Waals surface area contributed by atoms with Crippen molar-refractivity contribution in [3.05, 3.63) is 93.0 Å². The maximum Gasteiger partial charge on any atom is 0.335 e. The molecule has 0 atom stereocenters. The molecule has 0 saturated carbocycles. The second-order valence-corrected chi connectivity index (χ2v) is 9.10. The van der Waals surface area contributed by atoms with E-state index in [0.717, 1.165) is 16.0 Å². The fourth-order valence-corrected chi connectivity index (χ4v) is 3.87. The Morgan fingerprint density at radius 1 is 1.00 bits per heavy atom. The normalized spacial score (nSPS) is 14.5. The van der Waals surface area contributed by atoms with Crippen LogP contribution in [0, 0.1) is 13.8 Å². The Balaban J connectivity index is 1.50. The number of carbonyl (C=O) groups is 4. The molecule has 1 saturated heterocycles. The quantitative estimate of drug-likeness (QED) is 0.328. The third kappa shape index (κ3) is 5.99. The van der Waals surface area contributed by atoms with Gasteiger partial charge in [0.1, 0.15) is 11.3 Å². The number of rotatable bonds is 6. The summed E-state index contributed by atoms with van der Waals surface area (Å²) in [6.45, 7) is 3.58. The first-order valence-electron chi connectivity index (χ1n) is 11.1. The molecular weight excluding hydrogens is 517 g/mol. The lowest BCUT2D eigenvalue weighted by Gasteiger charge is -2.26. The van der Waals surface area contributed by atoms with Crippen LogP contribution in [0.2, 0.25) is 10.0 Å². The first kappa shape index (κ1) is 25.9. The van der Waals surface area contributed by atoms with Crippen LogP contribution in [-0.2, 0) is 14.4 Å². The number of aryl methyl sites for hydroxylation is 2. The summed E-state index contributed by atoms with van der Waals surface area (Å²) in [6, 6.07) is 15.6. The molecule has 0 spiro atoms. The number of carbonyl (C=O) groups excluding carboxylic acids is 4. The van der Waals surface area contributed by atoms with Gasteiger partial charge in [-0.1, -0.05) is 47.5 Å². The summed E-state index contributed by atoms with van der Waals surface area (Å²) in [7, 11) is 0. The zero-order valence-electron chi connectivity index (χ0n) is 19.8. The van der Waals surface area contributed by atoms with E-state index in [1.165, 1.54) is 24.3 Å². The van der Waals surface area contributed by atoms with E-state index in [9.17, 15) is 19.2 Å². The lowest BCUT2D eigenvalue weighted by Crippen LogP contribution is -2.54. The van der Waals surface area contributed by atoms with Crippen LogP contribution < -0.4 is 20.3 Å². The third-order valence-corrected chi connectivity index (χ3v) is 6.21. The van der Waals surface area contributed by atoms with Crippen LogP contribution in [0.3, 0.4) is 0 Å². The SMILES string of the molecule is Cc1ccc(C)c(NC(=O)COc2cccc(/C=C3/C(=O)NC(=O)N(c4ccc(Cl)c(Cl)c4)C3=O)c2)c1. The van der Waals surface area contributed by atoms with Crippen molar-refractivity contribution in [2.45, 2.75) is 13.8 Å². The highest BCUT2D eigenvalue weighted by Crippen LogP contribution is 2.29. The number of ether oxygens (including phenoxy) is 1. The highest BCUT2D eigenvalue weighted by atomic mass is 35.5. The van der Waals surface area contributed by atoms with Crippen LogP contribution in [0.4, 0.5) is 16.2 Å². The van der Waals surface area contributed by atoms with Crippen LogP contribution in [-0.4, -0.2) is 30.4 Å². The Kier molecular flexibility index (Phi) is 7.61. The Bertz CT molecular complexity index is 1470. The molecule has 3 aromatic rings. The van der Waals surface area contributed by atoms with Crippen molar-refractivity contribution >= 4 is 64.4 Å². The van der Waals surface area contributed by atoms with Gasteiger partial charge >= 0.3 is 6.03 Å². The number of halogens is 2. The van der Waals surface area contributed by atoms with E-state index in [-0.39, 0.29) is 33.8 Å². The molecule has 1 aliphatic heterocycles. The van der Waals surface area contributed by atoms with Crippen LogP contribution >= 0.6 is 23.2 Å². The van der Waals surface area contributed by atoms with Gasteiger partial charge in [0.05, 0.1) is 15.7 Å². The van der Waals surface area contributed by atoms with Gasteiger partial charge in [-0.05, 0) is 73.0 Å². The maximum absolute atomic E-state index is 13.1. The van der Waals surface area contributed by atoms with Crippen molar-refractivity contribution in [1.82, 2.24) is 5.32 Å². The van der Waals surface area contributed by atoms with E-state index >= 15 is 0 Å². The number of nitrogens with zero attached hydrogens (tertiary/aromatic N) is 1. The monoisotopic (exact) mass is 537 g/mol. The lowest BCUT2D eigenvalue weighted by molar-refractivity contribution is -0.122. The summed E-state index contributed by atoms with van der Waals surface area (Å²) in [6.07, 6.45) is 1.33. The number of anilines is 2. The average molecular weight is 538 g/mol. The van der Waals surface area contributed by atoms with Gasteiger partial charge in [-0.25, -0.2) is 9.69 Å². The molecule has 1 heterocycles. The standard InChI is InChI=1S/C27H21Cl2N3O5/c1-15-6-7-16(2)23(10-15)30-24(33)14-37-19-5-3-4-17(11-19)12-20-25(34)31-27(36)32(26(20)35)18-8-9-21(28)22(29)13-18/h3-13H,14H2,1-2H3,(H,30,33)(H,31,34,36)/b20-12-. The van der Waals surface area contributed by atoms with E-state index < -0.39 is 17.8 Å². The molecule has 10 heteroatoms. The zero-order chi connectivity index (χ0) is 26.7. The molecule has 0 aromatic heterocycles. The first-order chi connectivity index (χ1) is 17.6. The van der Waals surface area contributed by atoms with Gasteiger partial charge in [-0.2, -0.15) is 0 Å². The number of barbiturate groups is 1. The molecule has 188 valence electrons. The second-order valence-electron chi connectivity index (χ2n) is 8.28. The second kappa shape index (κ2) is 10.9. The molecule has 3 aromatic carbocycles.